The number of nitro groups is 1. The number of anilines is 1. The average molecular weight is 639 g/mol. The minimum absolute atomic E-state index is 0.0400. The van der Waals surface area contributed by atoms with Gasteiger partial charge in [0, 0.05) is 11.8 Å². The highest BCUT2D eigenvalue weighted by molar-refractivity contribution is 9.11. The minimum Gasteiger partial charge on any atom is -0.448 e. The first-order chi connectivity index (χ1) is 17.3. The fourth-order valence-electron chi connectivity index (χ4n) is 3.25. The molecule has 3 aromatic rings. The number of benzene rings is 3. The van der Waals surface area contributed by atoms with Crippen LogP contribution in [0.4, 0.5) is 24.5 Å². The van der Waals surface area contributed by atoms with Crippen molar-refractivity contribution in [1.82, 2.24) is 0 Å². The third-order valence-electron chi connectivity index (χ3n) is 5.02. The molecule has 0 saturated carbocycles. The van der Waals surface area contributed by atoms with Gasteiger partial charge in [-0.15, -0.1) is 0 Å². The molecule has 0 bridgehead atoms. The molecule has 37 heavy (non-hydrogen) atoms. The molecule has 0 heterocycles. The Labute approximate surface area is 226 Å². The maximum atomic E-state index is 13.0. The molecular formula is C25H16Br2F3N3O4. The van der Waals surface area contributed by atoms with Gasteiger partial charge in [0.25, 0.3) is 5.91 Å². The summed E-state index contributed by atoms with van der Waals surface area (Å²) < 4.78 is 45.0. The molecule has 0 aliphatic carbocycles. The van der Waals surface area contributed by atoms with Crippen molar-refractivity contribution in [2.75, 3.05) is 5.32 Å². The summed E-state index contributed by atoms with van der Waals surface area (Å²) in [5.41, 5.74) is 0.563. The van der Waals surface area contributed by atoms with Crippen molar-refractivity contribution in [3.05, 3.63) is 95.4 Å². The van der Waals surface area contributed by atoms with Gasteiger partial charge >= 0.3 is 11.9 Å². The highest BCUT2D eigenvalue weighted by Crippen LogP contribution is 2.42. The summed E-state index contributed by atoms with van der Waals surface area (Å²) in [4.78, 5) is 23.1. The maximum Gasteiger partial charge on any atom is 0.416 e. The van der Waals surface area contributed by atoms with Crippen LogP contribution < -0.4 is 10.1 Å². The molecule has 190 valence electrons. The van der Waals surface area contributed by atoms with E-state index in [4.69, 9.17) is 4.74 Å². The van der Waals surface area contributed by atoms with Gasteiger partial charge in [0.1, 0.15) is 11.6 Å². The first-order valence-corrected chi connectivity index (χ1v) is 11.9. The molecule has 0 aromatic heterocycles. The smallest absolute Gasteiger partial charge is 0.416 e. The molecule has 0 aliphatic heterocycles. The van der Waals surface area contributed by atoms with E-state index in [0.29, 0.717) is 23.4 Å². The van der Waals surface area contributed by atoms with Crippen molar-refractivity contribution in [1.29, 1.82) is 5.26 Å². The van der Waals surface area contributed by atoms with E-state index in [0.717, 1.165) is 17.2 Å². The molecule has 1 N–H and O–H groups in total. The first-order valence-electron chi connectivity index (χ1n) is 10.3. The van der Waals surface area contributed by atoms with E-state index < -0.39 is 34.0 Å². The second-order valence-electron chi connectivity index (χ2n) is 7.80. The Balaban J connectivity index is 1.91. The minimum atomic E-state index is -4.76. The number of carbonyl (C=O) groups is 1. The predicted octanol–water partition coefficient (Wildman–Crippen LogP) is 8.09. The Hall–Kier alpha value is -3.69. The fraction of sp³-hybridized carbons (Fsp3) is 0.120. The van der Waals surface area contributed by atoms with Crippen LogP contribution in [0.1, 0.15) is 22.3 Å². The third-order valence-corrected chi connectivity index (χ3v) is 6.20. The summed E-state index contributed by atoms with van der Waals surface area (Å²) >= 11 is 6.53. The number of nitrogens with zero attached hydrogens (tertiary/aromatic N) is 2. The van der Waals surface area contributed by atoms with Crippen molar-refractivity contribution in [3.63, 3.8) is 0 Å². The van der Waals surface area contributed by atoms with Crippen molar-refractivity contribution >= 4 is 55.2 Å². The van der Waals surface area contributed by atoms with Crippen molar-refractivity contribution in [3.8, 4) is 17.6 Å². The van der Waals surface area contributed by atoms with Gasteiger partial charge in [0.05, 0.1) is 19.4 Å². The van der Waals surface area contributed by atoms with Gasteiger partial charge in [-0.25, -0.2) is 0 Å². The lowest BCUT2D eigenvalue weighted by molar-refractivity contribution is -0.385. The average Bonchev–Trinajstić information content (AvgIpc) is 2.80. The quantitative estimate of drug-likeness (QED) is 0.127. The molecule has 0 fully saturated rings. The van der Waals surface area contributed by atoms with Crippen LogP contribution in [0.2, 0.25) is 0 Å². The van der Waals surface area contributed by atoms with Gasteiger partial charge in [-0.05, 0) is 93.2 Å². The molecule has 0 spiro atoms. The van der Waals surface area contributed by atoms with Gasteiger partial charge in [0.15, 0.2) is 5.75 Å². The van der Waals surface area contributed by atoms with Crippen molar-refractivity contribution < 1.29 is 27.6 Å². The molecule has 0 aliphatic rings. The molecule has 7 nitrogen and oxygen atoms in total. The molecule has 3 rings (SSSR count). The number of halogens is 5. The molecule has 12 heteroatoms. The predicted molar refractivity (Wildman–Crippen MR) is 138 cm³/mol. The Morgan fingerprint density at radius 2 is 1.76 bits per heavy atom. The topological polar surface area (TPSA) is 105 Å². The molecule has 3 aromatic carbocycles. The lowest BCUT2D eigenvalue weighted by Crippen LogP contribution is -2.14. The number of carbonyl (C=O) groups excluding carboxylic acids is 1. The maximum absolute atomic E-state index is 13.0. The molecule has 1 amide bonds. The summed E-state index contributed by atoms with van der Waals surface area (Å²) in [6.07, 6.45) is -3.43. The molecule has 0 unspecified atom stereocenters. The van der Waals surface area contributed by atoms with Gasteiger partial charge in [-0.1, -0.05) is 17.7 Å². The number of nitriles is 1. The Kier molecular flexibility index (Phi) is 8.40. The normalized spacial score (nSPS) is 11.6. The lowest BCUT2D eigenvalue weighted by atomic mass is 10.1. The SMILES string of the molecule is Cc1ccc(NC(=O)/C(C#N)=C/c2cc(Br)c(Oc3ccc(C(F)(F)F)cc3[N+](=O)[O-])c(Br)c2)c(C)c1. The number of ether oxygens (including phenoxy) is 1. The summed E-state index contributed by atoms with van der Waals surface area (Å²) in [6.45, 7) is 3.74. The van der Waals surface area contributed by atoms with Gasteiger partial charge in [0.2, 0.25) is 5.75 Å². The van der Waals surface area contributed by atoms with Crippen LogP contribution in [0.25, 0.3) is 6.08 Å². The van der Waals surface area contributed by atoms with E-state index in [2.05, 4.69) is 37.2 Å². The highest BCUT2D eigenvalue weighted by atomic mass is 79.9. The monoisotopic (exact) mass is 637 g/mol. The summed E-state index contributed by atoms with van der Waals surface area (Å²) in [5, 5.41) is 23.6. The van der Waals surface area contributed by atoms with Gasteiger partial charge < -0.3 is 10.1 Å². The van der Waals surface area contributed by atoms with E-state index >= 15 is 0 Å². The molecule has 0 atom stereocenters. The standard InChI is InChI=1S/C25H16Br2F3N3O4/c1-13-3-5-20(14(2)7-13)32-24(34)16(12-31)8-15-9-18(26)23(19(27)10-15)37-22-6-4-17(25(28,29)30)11-21(22)33(35)36/h3-11H,1-2H3,(H,32,34)/b16-8+. The Bertz CT molecular complexity index is 1460. The summed E-state index contributed by atoms with van der Waals surface area (Å²) in [6, 6.07) is 12.2. The number of amides is 1. The number of hydrogen-bond donors (Lipinski definition) is 1. The van der Waals surface area contributed by atoms with E-state index in [9.17, 15) is 33.3 Å². The summed E-state index contributed by atoms with van der Waals surface area (Å²) in [5.74, 6) is -0.992. The van der Waals surface area contributed by atoms with Crippen molar-refractivity contribution in [2.45, 2.75) is 20.0 Å². The van der Waals surface area contributed by atoms with Crippen LogP contribution in [0.3, 0.4) is 0 Å². The largest absolute Gasteiger partial charge is 0.448 e. The van der Waals surface area contributed by atoms with E-state index in [1.807, 2.05) is 32.0 Å². The van der Waals surface area contributed by atoms with Crippen LogP contribution in [0.5, 0.6) is 11.5 Å². The molecule has 0 radical (unpaired) electrons. The number of nitro benzene ring substituents is 1. The first kappa shape index (κ1) is 27.9. The zero-order valence-electron chi connectivity index (χ0n) is 19.1. The van der Waals surface area contributed by atoms with Crippen LogP contribution >= 0.6 is 31.9 Å². The Morgan fingerprint density at radius 1 is 1.11 bits per heavy atom. The van der Waals surface area contributed by atoms with E-state index in [-0.39, 0.29) is 20.3 Å². The number of hydrogen-bond acceptors (Lipinski definition) is 5. The highest BCUT2D eigenvalue weighted by Gasteiger charge is 2.33. The van der Waals surface area contributed by atoms with Gasteiger partial charge in [-0.2, -0.15) is 18.4 Å². The van der Waals surface area contributed by atoms with E-state index in [1.54, 1.807) is 6.07 Å². The third kappa shape index (κ3) is 6.75. The van der Waals surface area contributed by atoms with Crippen LogP contribution in [0, 0.1) is 35.3 Å². The van der Waals surface area contributed by atoms with Crippen LogP contribution in [0.15, 0.2) is 63.0 Å². The number of nitrogens with one attached hydrogen (secondary N) is 1. The van der Waals surface area contributed by atoms with Crippen LogP contribution in [-0.4, -0.2) is 10.8 Å². The second kappa shape index (κ2) is 11.1. The van der Waals surface area contributed by atoms with E-state index in [1.165, 1.54) is 18.2 Å². The Morgan fingerprint density at radius 3 is 2.30 bits per heavy atom. The molecule has 0 saturated heterocycles. The zero-order chi connectivity index (χ0) is 27.5. The van der Waals surface area contributed by atoms with Gasteiger partial charge in [-0.3, -0.25) is 14.9 Å². The fourth-order valence-corrected chi connectivity index (χ4v) is 4.64. The lowest BCUT2D eigenvalue weighted by Gasteiger charge is -2.13. The second-order valence-corrected chi connectivity index (χ2v) is 9.50. The number of rotatable bonds is 6. The number of alkyl halides is 3. The van der Waals surface area contributed by atoms with Crippen molar-refractivity contribution in [2.24, 2.45) is 0 Å². The zero-order valence-corrected chi connectivity index (χ0v) is 22.3. The van der Waals surface area contributed by atoms with Crippen LogP contribution in [-0.2, 0) is 11.0 Å². The number of aryl methyl sites for hydroxylation is 2. The summed E-state index contributed by atoms with van der Waals surface area (Å²) in [7, 11) is 0. The molecular weight excluding hydrogens is 623 g/mol.